The van der Waals surface area contributed by atoms with E-state index in [9.17, 15) is 9.18 Å². The standard InChI is InChI=1S/C24H21FN4OS2/c25-18-8-6-16(7-9-18)14-26-23(30)24-28-27-21(32-24)15-29-12-10-20-19(11-13-31-20)22(29)17-4-2-1-3-5-17/h1-9,11,13,22H,10,12,14-15H2,(H,26,30)/t22-/m1/s1. The van der Waals surface area contributed by atoms with Gasteiger partial charge in [0, 0.05) is 18.0 Å². The molecule has 2 aromatic carbocycles. The number of nitrogens with zero attached hydrogens (tertiary/aromatic N) is 3. The molecule has 1 aliphatic heterocycles. The Balaban J connectivity index is 1.29. The molecule has 0 spiro atoms. The number of hydrogen-bond acceptors (Lipinski definition) is 6. The summed E-state index contributed by atoms with van der Waals surface area (Å²) in [6.07, 6.45) is 1.01. The van der Waals surface area contributed by atoms with Crippen molar-refractivity contribution in [2.24, 2.45) is 0 Å². The van der Waals surface area contributed by atoms with Crippen molar-refractivity contribution in [3.05, 3.63) is 103 Å². The number of carbonyl (C=O) groups excluding carboxylic acids is 1. The maximum Gasteiger partial charge on any atom is 0.282 e. The van der Waals surface area contributed by atoms with Crippen LogP contribution in [-0.2, 0) is 19.5 Å². The van der Waals surface area contributed by atoms with Crippen molar-refractivity contribution in [2.45, 2.75) is 25.6 Å². The molecule has 0 saturated heterocycles. The summed E-state index contributed by atoms with van der Waals surface area (Å²) in [6, 6.07) is 19.0. The van der Waals surface area contributed by atoms with Gasteiger partial charge in [-0.05, 0) is 46.7 Å². The summed E-state index contributed by atoms with van der Waals surface area (Å²) >= 11 is 3.14. The summed E-state index contributed by atoms with van der Waals surface area (Å²) < 4.78 is 13.0. The van der Waals surface area contributed by atoms with E-state index in [1.54, 1.807) is 12.1 Å². The number of nitrogens with one attached hydrogen (secondary N) is 1. The van der Waals surface area contributed by atoms with Crippen molar-refractivity contribution < 1.29 is 9.18 Å². The topological polar surface area (TPSA) is 58.1 Å². The lowest BCUT2D eigenvalue weighted by atomic mass is 9.93. The largest absolute Gasteiger partial charge is 0.346 e. The number of fused-ring (bicyclic) bond motifs is 1. The van der Waals surface area contributed by atoms with Crippen LogP contribution in [-0.4, -0.2) is 27.5 Å². The number of rotatable bonds is 6. The van der Waals surface area contributed by atoms with Gasteiger partial charge in [0.25, 0.3) is 5.91 Å². The zero-order valence-electron chi connectivity index (χ0n) is 17.2. The van der Waals surface area contributed by atoms with Crippen molar-refractivity contribution in [1.82, 2.24) is 20.4 Å². The van der Waals surface area contributed by atoms with Gasteiger partial charge in [-0.2, -0.15) is 0 Å². The molecule has 3 heterocycles. The summed E-state index contributed by atoms with van der Waals surface area (Å²) in [4.78, 5) is 16.4. The molecular weight excluding hydrogens is 443 g/mol. The SMILES string of the molecule is O=C(NCc1ccc(F)cc1)c1nnc(CN2CCc3sccc3[C@H]2c2ccccc2)s1. The lowest BCUT2D eigenvalue weighted by Gasteiger charge is -2.35. The second kappa shape index (κ2) is 9.28. The van der Waals surface area contributed by atoms with Gasteiger partial charge < -0.3 is 5.32 Å². The van der Waals surface area contributed by atoms with Gasteiger partial charge in [-0.1, -0.05) is 53.8 Å². The van der Waals surface area contributed by atoms with Crippen LogP contribution >= 0.6 is 22.7 Å². The molecule has 5 rings (SSSR count). The van der Waals surface area contributed by atoms with Gasteiger partial charge in [0.15, 0.2) is 0 Å². The van der Waals surface area contributed by atoms with Crippen molar-refractivity contribution in [3.63, 3.8) is 0 Å². The number of benzene rings is 2. The highest BCUT2D eigenvalue weighted by molar-refractivity contribution is 7.13. The van der Waals surface area contributed by atoms with Gasteiger partial charge in [-0.25, -0.2) is 4.39 Å². The summed E-state index contributed by atoms with van der Waals surface area (Å²) in [5.74, 6) is -0.564. The van der Waals surface area contributed by atoms with Crippen molar-refractivity contribution in [1.29, 1.82) is 0 Å². The molecule has 0 saturated carbocycles. The third kappa shape index (κ3) is 4.48. The Morgan fingerprint density at radius 3 is 2.72 bits per heavy atom. The molecule has 162 valence electrons. The normalized spacial score (nSPS) is 16.0. The molecule has 1 N–H and O–H groups in total. The van der Waals surface area contributed by atoms with Gasteiger partial charge >= 0.3 is 0 Å². The van der Waals surface area contributed by atoms with Gasteiger partial charge in [-0.3, -0.25) is 9.69 Å². The molecule has 2 aromatic heterocycles. The van der Waals surface area contributed by atoms with Crippen LogP contribution in [0.1, 0.15) is 42.4 Å². The first-order valence-corrected chi connectivity index (χ1v) is 12.1. The Kier molecular flexibility index (Phi) is 6.07. The average molecular weight is 465 g/mol. The Hall–Kier alpha value is -2.94. The van der Waals surface area contributed by atoms with Gasteiger partial charge in [-0.15, -0.1) is 21.5 Å². The van der Waals surface area contributed by atoms with Crippen LogP contribution in [0.15, 0.2) is 66.0 Å². The van der Waals surface area contributed by atoms with E-state index in [1.165, 1.54) is 39.5 Å². The first kappa shape index (κ1) is 20.9. The molecule has 1 amide bonds. The summed E-state index contributed by atoms with van der Waals surface area (Å²) in [7, 11) is 0. The lowest BCUT2D eigenvalue weighted by Crippen LogP contribution is -2.34. The fourth-order valence-corrected chi connectivity index (χ4v) is 5.69. The number of hydrogen-bond donors (Lipinski definition) is 1. The third-order valence-corrected chi connectivity index (χ3v) is 7.45. The predicted molar refractivity (Wildman–Crippen MR) is 124 cm³/mol. The van der Waals surface area contributed by atoms with E-state index < -0.39 is 0 Å². The summed E-state index contributed by atoms with van der Waals surface area (Å²) in [5, 5.41) is 14.6. The number of carbonyl (C=O) groups is 1. The molecule has 0 fully saturated rings. The second-order valence-corrected chi connectivity index (χ2v) is 9.71. The lowest BCUT2D eigenvalue weighted by molar-refractivity contribution is 0.0950. The second-order valence-electron chi connectivity index (χ2n) is 7.64. The molecule has 0 bridgehead atoms. The van der Waals surface area contributed by atoms with E-state index in [0.717, 1.165) is 23.5 Å². The maximum atomic E-state index is 13.0. The fourth-order valence-electron chi connectivity index (χ4n) is 4.01. The Morgan fingerprint density at radius 1 is 1.09 bits per heavy atom. The Morgan fingerprint density at radius 2 is 1.91 bits per heavy atom. The third-order valence-electron chi connectivity index (χ3n) is 5.55. The van der Waals surface area contributed by atoms with Crippen LogP contribution < -0.4 is 5.32 Å². The molecular formula is C24H21FN4OS2. The minimum absolute atomic E-state index is 0.172. The molecule has 0 aliphatic carbocycles. The highest BCUT2D eigenvalue weighted by Crippen LogP contribution is 2.38. The monoisotopic (exact) mass is 464 g/mol. The van der Waals surface area contributed by atoms with Crippen molar-refractivity contribution in [2.75, 3.05) is 6.54 Å². The molecule has 1 aliphatic rings. The molecule has 1 atom stereocenters. The van der Waals surface area contributed by atoms with Crippen LogP contribution in [0.3, 0.4) is 0 Å². The molecule has 5 nitrogen and oxygen atoms in total. The van der Waals surface area contributed by atoms with E-state index >= 15 is 0 Å². The maximum absolute atomic E-state index is 13.0. The van der Waals surface area contributed by atoms with Crippen LogP contribution in [0.4, 0.5) is 4.39 Å². The summed E-state index contributed by atoms with van der Waals surface area (Å²) in [5.41, 5.74) is 3.44. The van der Waals surface area contributed by atoms with E-state index in [4.69, 9.17) is 0 Å². The van der Waals surface area contributed by atoms with Crippen LogP contribution in [0.25, 0.3) is 0 Å². The molecule has 0 radical (unpaired) electrons. The van der Waals surface area contributed by atoms with E-state index in [2.05, 4.69) is 56.1 Å². The molecule has 32 heavy (non-hydrogen) atoms. The molecule has 4 aromatic rings. The van der Waals surface area contributed by atoms with E-state index in [1.807, 2.05) is 17.4 Å². The number of amides is 1. The van der Waals surface area contributed by atoms with Crippen LogP contribution in [0.5, 0.6) is 0 Å². The Labute approximate surface area is 193 Å². The van der Waals surface area contributed by atoms with Gasteiger partial charge in [0.05, 0.1) is 12.6 Å². The zero-order chi connectivity index (χ0) is 21.9. The molecule has 8 heteroatoms. The van der Waals surface area contributed by atoms with Crippen LogP contribution in [0.2, 0.25) is 0 Å². The highest BCUT2D eigenvalue weighted by atomic mass is 32.1. The van der Waals surface area contributed by atoms with Gasteiger partial charge in [0.1, 0.15) is 10.8 Å². The zero-order valence-corrected chi connectivity index (χ0v) is 18.8. The van der Waals surface area contributed by atoms with E-state index in [0.29, 0.717) is 18.1 Å². The first-order valence-electron chi connectivity index (χ1n) is 10.4. The minimum atomic E-state index is -0.296. The Bertz CT molecular complexity index is 1210. The first-order chi connectivity index (χ1) is 15.7. The highest BCUT2D eigenvalue weighted by Gasteiger charge is 2.30. The fraction of sp³-hybridized carbons (Fsp3) is 0.208. The quantitative estimate of drug-likeness (QED) is 0.445. The van der Waals surface area contributed by atoms with E-state index in [-0.39, 0.29) is 17.8 Å². The smallest absolute Gasteiger partial charge is 0.282 e. The van der Waals surface area contributed by atoms with Crippen molar-refractivity contribution >= 4 is 28.6 Å². The number of aromatic nitrogens is 2. The predicted octanol–water partition coefficient (Wildman–Crippen LogP) is 4.82. The minimum Gasteiger partial charge on any atom is -0.346 e. The molecule has 0 unspecified atom stereocenters. The van der Waals surface area contributed by atoms with Gasteiger partial charge in [0.2, 0.25) is 5.01 Å². The number of halogens is 1. The number of thiophene rings is 1. The van der Waals surface area contributed by atoms with Crippen molar-refractivity contribution in [3.8, 4) is 0 Å². The van der Waals surface area contributed by atoms with Crippen LogP contribution in [0, 0.1) is 5.82 Å². The average Bonchev–Trinajstić information content (AvgIpc) is 3.49. The summed E-state index contributed by atoms with van der Waals surface area (Å²) in [6.45, 7) is 1.88.